The Morgan fingerprint density at radius 3 is 2.76 bits per heavy atom. The van der Waals surface area contributed by atoms with E-state index in [1.54, 1.807) is 0 Å². The topological polar surface area (TPSA) is 64.4 Å². The predicted octanol–water partition coefficient (Wildman–Crippen LogP) is 1.61. The average molecular weight is 265 g/mol. The van der Waals surface area contributed by atoms with Crippen LogP contribution in [0.15, 0.2) is 0 Å². The van der Waals surface area contributed by atoms with Crippen LogP contribution in [0.3, 0.4) is 0 Å². The van der Waals surface area contributed by atoms with Gasteiger partial charge in [0.2, 0.25) is 5.91 Å². The number of unbranched alkanes of at least 4 members (excludes halogenated alkanes) is 1. The van der Waals surface area contributed by atoms with Gasteiger partial charge in [-0.15, -0.1) is 12.4 Å². The summed E-state index contributed by atoms with van der Waals surface area (Å²) >= 11 is 0. The Bertz CT molecular complexity index is 215. The molecule has 1 fully saturated rings. The highest BCUT2D eigenvalue weighted by Gasteiger charge is 2.21. The maximum Gasteiger partial charge on any atom is 0.220 e. The summed E-state index contributed by atoms with van der Waals surface area (Å²) < 4.78 is 5.66. The Morgan fingerprint density at radius 1 is 1.41 bits per heavy atom. The fourth-order valence-corrected chi connectivity index (χ4v) is 1.98. The normalized spacial score (nSPS) is 23.2. The average Bonchev–Trinajstić information content (AvgIpc) is 2.68. The van der Waals surface area contributed by atoms with E-state index in [2.05, 4.69) is 12.2 Å². The van der Waals surface area contributed by atoms with Gasteiger partial charge in [-0.1, -0.05) is 0 Å². The highest BCUT2D eigenvalue weighted by molar-refractivity contribution is 5.85. The molecule has 0 aliphatic carbocycles. The highest BCUT2D eigenvalue weighted by Crippen LogP contribution is 2.22. The smallest absolute Gasteiger partial charge is 0.220 e. The Morgan fingerprint density at radius 2 is 2.18 bits per heavy atom. The fraction of sp³-hybridized carbons (Fsp3) is 0.917. The monoisotopic (exact) mass is 264 g/mol. The molecule has 2 unspecified atom stereocenters. The van der Waals surface area contributed by atoms with Gasteiger partial charge >= 0.3 is 0 Å². The number of nitrogens with two attached hydrogens (primary N) is 1. The van der Waals surface area contributed by atoms with Crippen LogP contribution in [0.2, 0.25) is 0 Å². The van der Waals surface area contributed by atoms with Crippen molar-refractivity contribution < 1.29 is 9.53 Å². The standard InChI is InChI=1S/C12H24N2O2.ClH/c1-10-4-5-11(16-10)6-7-12(15)14-9-3-2-8-13;/h10-11H,2-9,13H2,1H3,(H,14,15);1H. The van der Waals surface area contributed by atoms with E-state index in [1.165, 1.54) is 0 Å². The minimum Gasteiger partial charge on any atom is -0.375 e. The summed E-state index contributed by atoms with van der Waals surface area (Å²) in [6.45, 7) is 3.54. The lowest BCUT2D eigenvalue weighted by Gasteiger charge is -2.10. The number of carbonyl (C=O) groups excluding carboxylic acids is 1. The molecule has 2 atom stereocenters. The molecule has 17 heavy (non-hydrogen) atoms. The Hall–Kier alpha value is -0.320. The molecular weight excluding hydrogens is 240 g/mol. The predicted molar refractivity (Wildman–Crippen MR) is 71.3 cm³/mol. The first kappa shape index (κ1) is 16.7. The third kappa shape index (κ3) is 7.58. The van der Waals surface area contributed by atoms with E-state index in [4.69, 9.17) is 10.5 Å². The van der Waals surface area contributed by atoms with Crippen molar-refractivity contribution in [3.8, 4) is 0 Å². The van der Waals surface area contributed by atoms with Gasteiger partial charge in [0.25, 0.3) is 0 Å². The van der Waals surface area contributed by atoms with Gasteiger partial charge in [0.1, 0.15) is 0 Å². The van der Waals surface area contributed by atoms with Crippen LogP contribution in [-0.2, 0) is 9.53 Å². The number of rotatable bonds is 7. The van der Waals surface area contributed by atoms with Crippen molar-refractivity contribution in [1.82, 2.24) is 5.32 Å². The van der Waals surface area contributed by atoms with Crippen LogP contribution in [-0.4, -0.2) is 31.2 Å². The van der Waals surface area contributed by atoms with Gasteiger partial charge in [-0.3, -0.25) is 4.79 Å². The summed E-state index contributed by atoms with van der Waals surface area (Å²) in [7, 11) is 0. The lowest BCUT2D eigenvalue weighted by Crippen LogP contribution is -2.25. The number of carbonyl (C=O) groups is 1. The molecule has 0 bridgehead atoms. The number of hydrogen-bond acceptors (Lipinski definition) is 3. The molecule has 5 heteroatoms. The second kappa shape index (κ2) is 9.68. The third-order valence-corrected chi connectivity index (χ3v) is 2.97. The van der Waals surface area contributed by atoms with E-state index in [1.807, 2.05) is 0 Å². The summed E-state index contributed by atoms with van der Waals surface area (Å²) in [4.78, 5) is 11.4. The molecule has 1 aliphatic rings. The van der Waals surface area contributed by atoms with Crippen LogP contribution in [0.1, 0.15) is 45.4 Å². The third-order valence-electron chi connectivity index (χ3n) is 2.97. The molecule has 0 radical (unpaired) electrons. The van der Waals surface area contributed by atoms with Crippen LogP contribution in [0, 0.1) is 0 Å². The lowest BCUT2D eigenvalue weighted by molar-refractivity contribution is -0.121. The summed E-state index contributed by atoms with van der Waals surface area (Å²) in [5.41, 5.74) is 5.37. The molecule has 0 saturated carbocycles. The zero-order valence-corrected chi connectivity index (χ0v) is 11.4. The molecule has 1 rings (SSSR count). The van der Waals surface area contributed by atoms with E-state index in [9.17, 15) is 4.79 Å². The zero-order valence-electron chi connectivity index (χ0n) is 10.6. The highest BCUT2D eigenvalue weighted by atomic mass is 35.5. The van der Waals surface area contributed by atoms with Gasteiger partial charge in [-0.25, -0.2) is 0 Å². The maximum absolute atomic E-state index is 11.4. The molecule has 4 nitrogen and oxygen atoms in total. The lowest BCUT2D eigenvalue weighted by atomic mass is 10.1. The van der Waals surface area contributed by atoms with Gasteiger partial charge in [0.05, 0.1) is 12.2 Å². The number of halogens is 1. The van der Waals surface area contributed by atoms with E-state index in [0.29, 0.717) is 25.2 Å². The van der Waals surface area contributed by atoms with E-state index >= 15 is 0 Å². The van der Waals surface area contributed by atoms with Crippen molar-refractivity contribution in [3.63, 3.8) is 0 Å². The number of amides is 1. The van der Waals surface area contributed by atoms with Gasteiger partial charge in [0.15, 0.2) is 0 Å². The molecule has 1 amide bonds. The van der Waals surface area contributed by atoms with Gasteiger partial charge in [0, 0.05) is 13.0 Å². The molecule has 3 N–H and O–H groups in total. The van der Waals surface area contributed by atoms with Crippen LogP contribution in [0.25, 0.3) is 0 Å². The van der Waals surface area contributed by atoms with Crippen molar-refractivity contribution >= 4 is 18.3 Å². The van der Waals surface area contributed by atoms with Crippen molar-refractivity contribution in [2.45, 2.75) is 57.7 Å². The summed E-state index contributed by atoms with van der Waals surface area (Å²) in [5.74, 6) is 0.139. The van der Waals surface area contributed by atoms with Crippen molar-refractivity contribution in [2.24, 2.45) is 5.73 Å². The zero-order chi connectivity index (χ0) is 11.8. The largest absolute Gasteiger partial charge is 0.375 e. The first-order valence-electron chi connectivity index (χ1n) is 6.34. The molecule has 102 valence electrons. The van der Waals surface area contributed by atoms with Gasteiger partial charge in [-0.05, 0) is 45.6 Å². The van der Waals surface area contributed by atoms with Crippen molar-refractivity contribution in [2.75, 3.05) is 13.1 Å². The second-order valence-corrected chi connectivity index (χ2v) is 4.53. The van der Waals surface area contributed by atoms with Crippen LogP contribution >= 0.6 is 12.4 Å². The Kier molecular flexibility index (Phi) is 9.50. The van der Waals surface area contributed by atoms with E-state index in [-0.39, 0.29) is 18.3 Å². The van der Waals surface area contributed by atoms with Crippen molar-refractivity contribution in [3.05, 3.63) is 0 Å². The molecule has 0 aromatic carbocycles. The van der Waals surface area contributed by atoms with E-state index < -0.39 is 0 Å². The number of ether oxygens (including phenoxy) is 1. The van der Waals surface area contributed by atoms with Crippen LogP contribution in [0.5, 0.6) is 0 Å². The minimum absolute atomic E-state index is 0. The van der Waals surface area contributed by atoms with Crippen LogP contribution in [0.4, 0.5) is 0 Å². The Labute approximate surface area is 110 Å². The molecule has 1 aliphatic heterocycles. The van der Waals surface area contributed by atoms with Crippen molar-refractivity contribution in [1.29, 1.82) is 0 Å². The summed E-state index contributed by atoms with van der Waals surface area (Å²) in [6, 6.07) is 0. The number of hydrogen-bond donors (Lipinski definition) is 2. The maximum atomic E-state index is 11.4. The first-order valence-corrected chi connectivity index (χ1v) is 6.34. The molecular formula is C12H25ClN2O2. The van der Waals surface area contributed by atoms with Gasteiger partial charge < -0.3 is 15.8 Å². The summed E-state index contributed by atoms with van der Waals surface area (Å²) in [6.07, 6.45) is 6.28. The SMILES string of the molecule is CC1CCC(CCC(=O)NCCCCN)O1.Cl. The quantitative estimate of drug-likeness (QED) is 0.687. The van der Waals surface area contributed by atoms with E-state index in [0.717, 1.165) is 38.6 Å². The minimum atomic E-state index is 0. The molecule has 1 heterocycles. The molecule has 1 saturated heterocycles. The summed E-state index contributed by atoms with van der Waals surface area (Å²) in [5, 5.41) is 2.90. The second-order valence-electron chi connectivity index (χ2n) is 4.53. The molecule has 0 spiro atoms. The van der Waals surface area contributed by atoms with Crippen LogP contribution < -0.4 is 11.1 Å². The first-order chi connectivity index (χ1) is 7.72. The molecule has 0 aromatic rings. The fourth-order valence-electron chi connectivity index (χ4n) is 1.98. The van der Waals surface area contributed by atoms with Gasteiger partial charge in [-0.2, -0.15) is 0 Å². The number of nitrogens with one attached hydrogen (secondary N) is 1. The Balaban J connectivity index is 0.00000256. The molecule has 0 aromatic heterocycles.